The van der Waals surface area contributed by atoms with Gasteiger partial charge in [0.1, 0.15) is 0 Å². The number of hydrogen-bond donors (Lipinski definition) is 0. The fraction of sp³-hybridized carbons (Fsp3) is 0.172. The highest BCUT2D eigenvalue weighted by Crippen LogP contribution is 2.52. The van der Waals surface area contributed by atoms with Crippen molar-refractivity contribution < 1.29 is 0 Å². The highest BCUT2D eigenvalue weighted by molar-refractivity contribution is 9.10. The van der Waals surface area contributed by atoms with Gasteiger partial charge < -0.3 is 0 Å². The Morgan fingerprint density at radius 1 is 0.733 bits per heavy atom. The molecule has 1 heteroatoms. The molecule has 30 heavy (non-hydrogen) atoms. The van der Waals surface area contributed by atoms with Crippen molar-refractivity contribution in [1.82, 2.24) is 0 Å². The summed E-state index contributed by atoms with van der Waals surface area (Å²) in [4.78, 5) is 0. The lowest BCUT2D eigenvalue weighted by Crippen LogP contribution is -2.23. The molecule has 0 heterocycles. The van der Waals surface area contributed by atoms with Crippen LogP contribution >= 0.6 is 15.9 Å². The standard InChI is InChI=1S/C29H23Br/c1-3-29(4-2)26-12-8-7-11-23(26)24-16-13-20(19-27(24)29)14-17-25-22-10-6-5-9-21(22)15-18-28(25)30/h5-13,15-16,18-19H,3-4H2,1-2H3. The Labute approximate surface area is 187 Å². The van der Waals surface area contributed by atoms with Crippen LogP contribution in [0.5, 0.6) is 0 Å². The van der Waals surface area contributed by atoms with E-state index in [0.29, 0.717) is 0 Å². The molecule has 0 aromatic heterocycles. The molecule has 4 aromatic rings. The van der Waals surface area contributed by atoms with Gasteiger partial charge in [-0.2, -0.15) is 0 Å². The minimum atomic E-state index is 0.0869. The lowest BCUT2D eigenvalue weighted by molar-refractivity contribution is 0.490. The fourth-order valence-electron chi connectivity index (χ4n) is 5.05. The van der Waals surface area contributed by atoms with Gasteiger partial charge in [-0.25, -0.2) is 0 Å². The van der Waals surface area contributed by atoms with Crippen LogP contribution in [0.2, 0.25) is 0 Å². The lowest BCUT2D eigenvalue weighted by Gasteiger charge is -2.29. The van der Waals surface area contributed by atoms with Crippen molar-refractivity contribution in [1.29, 1.82) is 0 Å². The maximum atomic E-state index is 3.70. The van der Waals surface area contributed by atoms with E-state index >= 15 is 0 Å². The number of hydrogen-bond acceptors (Lipinski definition) is 0. The predicted octanol–water partition coefficient (Wildman–Crippen LogP) is 8.09. The predicted molar refractivity (Wildman–Crippen MR) is 131 cm³/mol. The van der Waals surface area contributed by atoms with Crippen molar-refractivity contribution in [3.8, 4) is 23.0 Å². The average Bonchev–Trinajstić information content (AvgIpc) is 3.08. The summed E-state index contributed by atoms with van der Waals surface area (Å²) in [5.74, 6) is 6.91. The maximum absolute atomic E-state index is 3.70. The third-order valence-electron chi connectivity index (χ3n) is 6.69. The summed E-state index contributed by atoms with van der Waals surface area (Å²) in [5.41, 5.74) is 7.86. The molecular weight excluding hydrogens is 428 g/mol. The van der Waals surface area contributed by atoms with E-state index in [1.165, 1.54) is 33.0 Å². The zero-order valence-electron chi connectivity index (χ0n) is 17.3. The van der Waals surface area contributed by atoms with E-state index in [4.69, 9.17) is 0 Å². The quantitative estimate of drug-likeness (QED) is 0.270. The lowest BCUT2D eigenvalue weighted by atomic mass is 9.73. The molecule has 0 nitrogen and oxygen atoms in total. The summed E-state index contributed by atoms with van der Waals surface area (Å²) in [5, 5.41) is 2.40. The first-order chi connectivity index (χ1) is 14.7. The van der Waals surface area contributed by atoms with Crippen LogP contribution in [0.25, 0.3) is 21.9 Å². The molecule has 0 amide bonds. The van der Waals surface area contributed by atoms with Crippen molar-refractivity contribution in [2.75, 3.05) is 0 Å². The molecule has 5 rings (SSSR count). The van der Waals surface area contributed by atoms with Crippen LogP contribution in [0.4, 0.5) is 0 Å². The van der Waals surface area contributed by atoms with Crippen LogP contribution in [-0.4, -0.2) is 0 Å². The van der Waals surface area contributed by atoms with E-state index in [2.05, 4.69) is 120 Å². The third-order valence-corrected chi connectivity index (χ3v) is 7.35. The van der Waals surface area contributed by atoms with E-state index < -0.39 is 0 Å². The summed E-state index contributed by atoms with van der Waals surface area (Å²) in [6.45, 7) is 4.61. The molecule has 4 aromatic carbocycles. The molecule has 0 saturated heterocycles. The number of benzene rings is 4. The molecule has 0 radical (unpaired) electrons. The molecule has 0 N–H and O–H groups in total. The monoisotopic (exact) mass is 450 g/mol. The van der Waals surface area contributed by atoms with Gasteiger partial charge in [-0.05, 0) is 80.0 Å². The molecular formula is C29H23Br. The minimum absolute atomic E-state index is 0.0869. The fourth-order valence-corrected chi connectivity index (χ4v) is 5.50. The molecule has 0 unspecified atom stereocenters. The van der Waals surface area contributed by atoms with Crippen LogP contribution in [-0.2, 0) is 5.41 Å². The molecule has 146 valence electrons. The number of fused-ring (bicyclic) bond motifs is 4. The Kier molecular flexibility index (Phi) is 4.76. The smallest absolute Gasteiger partial charge is 0.0469 e. The minimum Gasteiger partial charge on any atom is -0.0642 e. The largest absolute Gasteiger partial charge is 0.0642 e. The first-order valence-electron chi connectivity index (χ1n) is 10.6. The van der Waals surface area contributed by atoms with Gasteiger partial charge in [-0.1, -0.05) is 86.4 Å². The van der Waals surface area contributed by atoms with Crippen molar-refractivity contribution in [2.45, 2.75) is 32.1 Å². The first kappa shape index (κ1) is 19.2. The van der Waals surface area contributed by atoms with E-state index in [0.717, 1.165) is 28.4 Å². The molecule has 0 aliphatic heterocycles. The number of halogens is 1. The highest BCUT2D eigenvalue weighted by Gasteiger charge is 2.40. The van der Waals surface area contributed by atoms with Gasteiger partial charge in [0.05, 0.1) is 0 Å². The topological polar surface area (TPSA) is 0 Å². The second-order valence-corrected chi connectivity index (χ2v) is 8.84. The zero-order valence-corrected chi connectivity index (χ0v) is 18.9. The second-order valence-electron chi connectivity index (χ2n) is 7.99. The third kappa shape index (κ3) is 2.83. The van der Waals surface area contributed by atoms with E-state index in [1.54, 1.807) is 0 Å². The van der Waals surface area contributed by atoms with Crippen molar-refractivity contribution in [3.63, 3.8) is 0 Å². The van der Waals surface area contributed by atoms with Crippen molar-refractivity contribution in [2.24, 2.45) is 0 Å². The Bertz CT molecular complexity index is 1330. The first-order valence-corrected chi connectivity index (χ1v) is 11.4. The summed E-state index contributed by atoms with van der Waals surface area (Å²) in [6.07, 6.45) is 2.19. The summed E-state index contributed by atoms with van der Waals surface area (Å²) >= 11 is 3.70. The molecule has 0 bridgehead atoms. The van der Waals surface area contributed by atoms with Gasteiger partial charge in [-0.15, -0.1) is 0 Å². The van der Waals surface area contributed by atoms with Gasteiger partial charge >= 0.3 is 0 Å². The van der Waals surface area contributed by atoms with Gasteiger partial charge in [-0.3, -0.25) is 0 Å². The van der Waals surface area contributed by atoms with Crippen LogP contribution in [0, 0.1) is 11.8 Å². The van der Waals surface area contributed by atoms with Crippen LogP contribution in [0.3, 0.4) is 0 Å². The average molecular weight is 451 g/mol. The Morgan fingerprint density at radius 2 is 1.47 bits per heavy atom. The summed E-state index contributed by atoms with van der Waals surface area (Å²) in [6, 6.07) is 28.3. The zero-order chi connectivity index (χ0) is 20.7. The van der Waals surface area contributed by atoms with Gasteiger partial charge in [0.15, 0.2) is 0 Å². The van der Waals surface area contributed by atoms with E-state index in [9.17, 15) is 0 Å². The molecule has 0 atom stereocenters. The van der Waals surface area contributed by atoms with E-state index in [1.807, 2.05) is 0 Å². The van der Waals surface area contributed by atoms with Crippen molar-refractivity contribution in [3.05, 3.63) is 106 Å². The Morgan fingerprint density at radius 3 is 2.30 bits per heavy atom. The van der Waals surface area contributed by atoms with Crippen molar-refractivity contribution >= 4 is 26.7 Å². The van der Waals surface area contributed by atoms with Gasteiger partial charge in [0, 0.05) is 21.0 Å². The van der Waals surface area contributed by atoms with Crippen LogP contribution < -0.4 is 0 Å². The number of rotatable bonds is 2. The normalized spacial score (nSPS) is 13.4. The van der Waals surface area contributed by atoms with Gasteiger partial charge in [0.25, 0.3) is 0 Å². The molecule has 0 fully saturated rings. The highest BCUT2D eigenvalue weighted by atomic mass is 79.9. The molecule has 1 aliphatic rings. The van der Waals surface area contributed by atoms with Gasteiger partial charge in [0.2, 0.25) is 0 Å². The Hall–Kier alpha value is -2.82. The molecule has 1 aliphatic carbocycles. The van der Waals surface area contributed by atoms with Crippen LogP contribution in [0.15, 0.2) is 83.3 Å². The maximum Gasteiger partial charge on any atom is 0.0469 e. The SMILES string of the molecule is CCC1(CC)c2ccccc2-c2ccc(C#Cc3c(Br)ccc4ccccc34)cc21. The molecule has 0 saturated carbocycles. The molecule has 0 spiro atoms. The van der Waals surface area contributed by atoms with E-state index in [-0.39, 0.29) is 5.41 Å². The summed E-state index contributed by atoms with van der Waals surface area (Å²) in [7, 11) is 0. The second kappa shape index (κ2) is 7.46. The Balaban J connectivity index is 1.65. The van der Waals surface area contributed by atoms with Crippen LogP contribution in [0.1, 0.15) is 48.9 Å². The summed E-state index contributed by atoms with van der Waals surface area (Å²) < 4.78 is 1.04.